The van der Waals surface area contributed by atoms with Gasteiger partial charge in [-0.05, 0) is 39.2 Å². The summed E-state index contributed by atoms with van der Waals surface area (Å²) in [5, 5.41) is 4.69. The molecule has 1 atom stereocenters. The van der Waals surface area contributed by atoms with Crippen LogP contribution in [0.15, 0.2) is 30.5 Å². The van der Waals surface area contributed by atoms with Crippen LogP contribution in [0.5, 0.6) is 5.75 Å². The molecular formula is C17H22N2OS. The molecule has 1 N–H and O–H groups in total. The van der Waals surface area contributed by atoms with Crippen LogP contribution in [0.4, 0.5) is 0 Å². The van der Waals surface area contributed by atoms with Crippen molar-refractivity contribution in [2.24, 2.45) is 0 Å². The van der Waals surface area contributed by atoms with Gasteiger partial charge < -0.3 is 10.1 Å². The van der Waals surface area contributed by atoms with Crippen molar-refractivity contribution in [3.05, 3.63) is 45.9 Å². The number of benzene rings is 1. The third-order valence-electron chi connectivity index (χ3n) is 3.98. The number of aromatic nitrogens is 1. The minimum atomic E-state index is 0.313. The van der Waals surface area contributed by atoms with E-state index in [2.05, 4.69) is 35.4 Å². The van der Waals surface area contributed by atoms with Gasteiger partial charge in [-0.25, -0.2) is 4.98 Å². The predicted molar refractivity (Wildman–Crippen MR) is 86.8 cm³/mol. The summed E-state index contributed by atoms with van der Waals surface area (Å²) in [5.74, 6) is 1.03. The Bertz CT molecular complexity index is 592. The molecule has 0 amide bonds. The first-order valence-electron chi connectivity index (χ1n) is 7.62. The number of hydrogen-bond donors (Lipinski definition) is 1. The van der Waals surface area contributed by atoms with Crippen LogP contribution in [0.25, 0.3) is 0 Å². The molecule has 1 unspecified atom stereocenters. The summed E-state index contributed by atoms with van der Waals surface area (Å²) < 4.78 is 6.07. The molecule has 3 nitrogen and oxygen atoms in total. The fourth-order valence-corrected chi connectivity index (χ4v) is 3.19. The Morgan fingerprint density at radius 2 is 2.19 bits per heavy atom. The Morgan fingerprint density at radius 3 is 2.86 bits per heavy atom. The van der Waals surface area contributed by atoms with Gasteiger partial charge in [-0.2, -0.15) is 0 Å². The summed E-state index contributed by atoms with van der Waals surface area (Å²) in [6.07, 6.45) is 6.07. The largest absolute Gasteiger partial charge is 0.490 e. The molecule has 3 rings (SSSR count). The lowest BCUT2D eigenvalue weighted by atomic mass is 9.96. The third-order valence-corrected chi connectivity index (χ3v) is 5.08. The number of ether oxygens (including phenoxy) is 1. The van der Waals surface area contributed by atoms with Crippen molar-refractivity contribution < 1.29 is 4.74 Å². The van der Waals surface area contributed by atoms with Crippen molar-refractivity contribution in [3.8, 4) is 5.75 Å². The topological polar surface area (TPSA) is 34.2 Å². The molecule has 0 aliphatic heterocycles. The van der Waals surface area contributed by atoms with Gasteiger partial charge in [-0.1, -0.05) is 18.2 Å². The Morgan fingerprint density at radius 1 is 1.38 bits per heavy atom. The molecule has 1 saturated carbocycles. The monoisotopic (exact) mass is 302 g/mol. The first-order valence-corrected chi connectivity index (χ1v) is 8.44. The summed E-state index contributed by atoms with van der Waals surface area (Å²) in [6.45, 7) is 5.05. The minimum Gasteiger partial charge on any atom is -0.490 e. The van der Waals surface area contributed by atoms with Crippen LogP contribution in [0, 0.1) is 6.92 Å². The minimum absolute atomic E-state index is 0.313. The molecule has 1 aliphatic rings. The molecule has 0 radical (unpaired) electrons. The Labute approximate surface area is 130 Å². The Kier molecular flexibility index (Phi) is 4.56. The molecule has 2 aromatic rings. The van der Waals surface area contributed by atoms with Crippen molar-refractivity contribution in [2.75, 3.05) is 0 Å². The highest BCUT2D eigenvalue weighted by Gasteiger charge is 2.20. The van der Waals surface area contributed by atoms with Crippen molar-refractivity contribution >= 4 is 11.3 Å². The molecule has 112 valence electrons. The number of rotatable bonds is 6. The van der Waals surface area contributed by atoms with Crippen molar-refractivity contribution in [1.29, 1.82) is 0 Å². The Balaban J connectivity index is 1.61. The maximum absolute atomic E-state index is 6.07. The van der Waals surface area contributed by atoms with Crippen molar-refractivity contribution in [1.82, 2.24) is 10.3 Å². The predicted octanol–water partition coefficient (Wildman–Crippen LogP) is 4.23. The summed E-state index contributed by atoms with van der Waals surface area (Å²) in [5.41, 5.74) is 1.23. The molecule has 21 heavy (non-hydrogen) atoms. The molecular weight excluding hydrogens is 280 g/mol. The standard InChI is InChI=1S/C17H22N2OS/c1-12(17-11-19-13(2)21-17)18-10-14-6-3-4-9-16(14)20-15-7-5-8-15/h3-4,6,9,11-12,15,18H,5,7-8,10H2,1-2H3. The van der Waals surface area contributed by atoms with Gasteiger partial charge in [-0.15, -0.1) is 11.3 Å². The summed E-state index contributed by atoms with van der Waals surface area (Å²) in [4.78, 5) is 5.60. The maximum Gasteiger partial charge on any atom is 0.124 e. The SMILES string of the molecule is Cc1ncc(C(C)NCc2ccccc2OC2CCC2)s1. The average Bonchev–Trinajstić information content (AvgIpc) is 2.88. The second-order valence-corrected chi connectivity index (χ2v) is 6.93. The van der Waals surface area contributed by atoms with Gasteiger partial charge >= 0.3 is 0 Å². The van der Waals surface area contributed by atoms with Gasteiger partial charge in [0.25, 0.3) is 0 Å². The number of hydrogen-bond acceptors (Lipinski definition) is 4. The zero-order valence-corrected chi connectivity index (χ0v) is 13.5. The number of thiazole rings is 1. The number of para-hydroxylation sites is 1. The van der Waals surface area contributed by atoms with E-state index >= 15 is 0 Å². The zero-order valence-electron chi connectivity index (χ0n) is 12.6. The molecule has 4 heteroatoms. The van der Waals surface area contributed by atoms with Gasteiger partial charge in [0.2, 0.25) is 0 Å². The number of nitrogens with one attached hydrogen (secondary N) is 1. The van der Waals surface area contributed by atoms with E-state index in [1.165, 1.54) is 29.7 Å². The third kappa shape index (κ3) is 3.63. The number of nitrogens with zero attached hydrogens (tertiary/aromatic N) is 1. The van der Waals surface area contributed by atoms with Gasteiger partial charge in [0.1, 0.15) is 5.75 Å². The van der Waals surface area contributed by atoms with E-state index in [1.54, 1.807) is 11.3 Å². The quantitative estimate of drug-likeness (QED) is 0.867. The zero-order chi connectivity index (χ0) is 14.7. The van der Waals surface area contributed by atoms with Crippen LogP contribution in [0.2, 0.25) is 0 Å². The summed E-state index contributed by atoms with van der Waals surface area (Å²) in [7, 11) is 0. The highest BCUT2D eigenvalue weighted by Crippen LogP contribution is 2.28. The first-order chi connectivity index (χ1) is 10.2. The summed E-state index contributed by atoms with van der Waals surface area (Å²) in [6, 6.07) is 8.66. The number of aryl methyl sites for hydroxylation is 1. The van der Waals surface area contributed by atoms with E-state index in [0.29, 0.717) is 12.1 Å². The molecule has 1 fully saturated rings. The fraction of sp³-hybridized carbons (Fsp3) is 0.471. The van der Waals surface area contributed by atoms with Crippen LogP contribution in [0.1, 0.15) is 47.7 Å². The van der Waals surface area contributed by atoms with Gasteiger partial charge in [0.15, 0.2) is 0 Å². The molecule has 1 heterocycles. The van der Waals surface area contributed by atoms with E-state index in [9.17, 15) is 0 Å². The first kappa shape index (κ1) is 14.5. The molecule has 0 spiro atoms. The lowest BCUT2D eigenvalue weighted by Crippen LogP contribution is -2.25. The lowest BCUT2D eigenvalue weighted by Gasteiger charge is -2.27. The second-order valence-electron chi connectivity index (χ2n) is 5.66. The van der Waals surface area contributed by atoms with E-state index in [-0.39, 0.29) is 0 Å². The van der Waals surface area contributed by atoms with Crippen LogP contribution in [-0.2, 0) is 6.54 Å². The average molecular weight is 302 g/mol. The fourth-order valence-electron chi connectivity index (χ4n) is 2.37. The van der Waals surface area contributed by atoms with E-state index in [1.807, 2.05) is 19.2 Å². The lowest BCUT2D eigenvalue weighted by molar-refractivity contribution is 0.119. The molecule has 1 aromatic heterocycles. The molecule has 0 saturated heterocycles. The van der Waals surface area contributed by atoms with Gasteiger partial charge in [0.05, 0.1) is 11.1 Å². The van der Waals surface area contributed by atoms with E-state index in [0.717, 1.165) is 17.3 Å². The van der Waals surface area contributed by atoms with Crippen molar-refractivity contribution in [2.45, 2.75) is 51.8 Å². The second kappa shape index (κ2) is 6.58. The van der Waals surface area contributed by atoms with E-state index < -0.39 is 0 Å². The van der Waals surface area contributed by atoms with Gasteiger partial charge in [-0.3, -0.25) is 0 Å². The van der Waals surface area contributed by atoms with Crippen LogP contribution in [-0.4, -0.2) is 11.1 Å². The van der Waals surface area contributed by atoms with Crippen molar-refractivity contribution in [3.63, 3.8) is 0 Å². The maximum atomic E-state index is 6.07. The summed E-state index contributed by atoms with van der Waals surface area (Å²) >= 11 is 1.75. The normalized spacial score (nSPS) is 16.5. The Hall–Kier alpha value is -1.39. The molecule has 1 aliphatic carbocycles. The molecule has 0 bridgehead atoms. The molecule has 1 aromatic carbocycles. The highest BCUT2D eigenvalue weighted by atomic mass is 32.1. The highest BCUT2D eigenvalue weighted by molar-refractivity contribution is 7.11. The van der Waals surface area contributed by atoms with E-state index in [4.69, 9.17) is 4.74 Å². The van der Waals surface area contributed by atoms with Gasteiger partial charge in [0, 0.05) is 29.2 Å². The van der Waals surface area contributed by atoms with Crippen LogP contribution >= 0.6 is 11.3 Å². The van der Waals surface area contributed by atoms with Crippen LogP contribution in [0.3, 0.4) is 0 Å². The smallest absolute Gasteiger partial charge is 0.124 e. The van der Waals surface area contributed by atoms with Crippen LogP contribution < -0.4 is 10.1 Å².